The molecular formula is C18H27N3. The summed E-state index contributed by atoms with van der Waals surface area (Å²) < 4.78 is 2.36. The fourth-order valence-electron chi connectivity index (χ4n) is 3.75. The maximum atomic E-state index is 6.42. The van der Waals surface area contributed by atoms with Gasteiger partial charge in [0.15, 0.2) is 0 Å². The summed E-state index contributed by atoms with van der Waals surface area (Å²) in [6, 6.07) is 8.68. The minimum Gasteiger partial charge on any atom is -0.328 e. The van der Waals surface area contributed by atoms with Gasteiger partial charge in [0, 0.05) is 19.0 Å². The zero-order valence-electron chi connectivity index (χ0n) is 13.1. The first-order valence-electron chi connectivity index (χ1n) is 8.47. The van der Waals surface area contributed by atoms with Crippen LogP contribution in [-0.2, 0) is 13.0 Å². The van der Waals surface area contributed by atoms with Crippen LogP contribution in [0.15, 0.2) is 24.3 Å². The summed E-state index contributed by atoms with van der Waals surface area (Å²) in [4.78, 5) is 4.83. The van der Waals surface area contributed by atoms with Gasteiger partial charge >= 0.3 is 0 Å². The van der Waals surface area contributed by atoms with Gasteiger partial charge in [-0.3, -0.25) is 0 Å². The standard InChI is InChI=1S/C18H27N3/c1-2-11-21-17-10-6-5-9-16(17)20-18(21)13-15(19)12-14-7-3-4-8-14/h5-6,9-10,14-15H,2-4,7-8,11-13,19H2,1H3. The predicted molar refractivity (Wildman–Crippen MR) is 88.3 cm³/mol. The maximum Gasteiger partial charge on any atom is 0.111 e. The van der Waals surface area contributed by atoms with E-state index in [9.17, 15) is 0 Å². The number of aryl methyl sites for hydroxylation is 1. The number of para-hydroxylation sites is 2. The summed E-state index contributed by atoms with van der Waals surface area (Å²) in [6.07, 6.45) is 8.74. The van der Waals surface area contributed by atoms with Crippen molar-refractivity contribution < 1.29 is 0 Å². The van der Waals surface area contributed by atoms with Crippen molar-refractivity contribution in [3.8, 4) is 0 Å². The van der Waals surface area contributed by atoms with Gasteiger partial charge in [0.05, 0.1) is 11.0 Å². The molecule has 1 aromatic carbocycles. The maximum absolute atomic E-state index is 6.42. The summed E-state index contributed by atoms with van der Waals surface area (Å²) in [5.41, 5.74) is 8.78. The molecule has 0 spiro atoms. The number of benzene rings is 1. The Morgan fingerprint density at radius 2 is 2.05 bits per heavy atom. The molecule has 0 saturated heterocycles. The van der Waals surface area contributed by atoms with Crippen LogP contribution in [0.25, 0.3) is 11.0 Å². The highest BCUT2D eigenvalue weighted by molar-refractivity contribution is 5.75. The number of imidazole rings is 1. The van der Waals surface area contributed by atoms with E-state index in [-0.39, 0.29) is 6.04 Å². The zero-order valence-corrected chi connectivity index (χ0v) is 13.1. The van der Waals surface area contributed by atoms with Crippen LogP contribution in [-0.4, -0.2) is 15.6 Å². The Balaban J connectivity index is 1.76. The van der Waals surface area contributed by atoms with Crippen molar-refractivity contribution in [2.24, 2.45) is 11.7 Å². The Labute approximate surface area is 127 Å². The number of rotatable bonds is 6. The molecule has 0 radical (unpaired) electrons. The van der Waals surface area contributed by atoms with Crippen LogP contribution < -0.4 is 5.73 Å². The van der Waals surface area contributed by atoms with E-state index < -0.39 is 0 Å². The van der Waals surface area contributed by atoms with Crippen LogP contribution in [0.1, 0.15) is 51.3 Å². The Morgan fingerprint density at radius 3 is 2.81 bits per heavy atom. The van der Waals surface area contributed by atoms with E-state index in [0.29, 0.717) is 0 Å². The van der Waals surface area contributed by atoms with Gasteiger partial charge in [-0.15, -0.1) is 0 Å². The highest BCUT2D eigenvalue weighted by Gasteiger charge is 2.20. The van der Waals surface area contributed by atoms with Gasteiger partial charge in [0.2, 0.25) is 0 Å². The summed E-state index contributed by atoms with van der Waals surface area (Å²) in [7, 11) is 0. The van der Waals surface area contributed by atoms with Crippen LogP contribution in [0.3, 0.4) is 0 Å². The molecule has 3 heteroatoms. The average molecular weight is 285 g/mol. The largest absolute Gasteiger partial charge is 0.328 e. The average Bonchev–Trinajstić information content (AvgIpc) is 3.08. The van der Waals surface area contributed by atoms with Crippen molar-refractivity contribution in [3.05, 3.63) is 30.1 Å². The van der Waals surface area contributed by atoms with E-state index in [2.05, 4.69) is 35.8 Å². The Kier molecular flexibility index (Phi) is 4.59. The molecule has 1 aliphatic carbocycles. The Bertz CT molecular complexity index is 581. The molecule has 1 fully saturated rings. The molecule has 0 bridgehead atoms. The quantitative estimate of drug-likeness (QED) is 0.875. The lowest BCUT2D eigenvalue weighted by Gasteiger charge is -2.17. The van der Waals surface area contributed by atoms with Crippen molar-refractivity contribution in [1.29, 1.82) is 0 Å². The summed E-state index contributed by atoms with van der Waals surface area (Å²) in [5.74, 6) is 2.02. The fraction of sp³-hybridized carbons (Fsp3) is 0.611. The van der Waals surface area contributed by atoms with Gasteiger partial charge in [-0.25, -0.2) is 4.98 Å². The van der Waals surface area contributed by atoms with E-state index in [0.717, 1.165) is 37.2 Å². The Morgan fingerprint density at radius 1 is 1.29 bits per heavy atom. The van der Waals surface area contributed by atoms with Gasteiger partial charge in [-0.1, -0.05) is 44.7 Å². The van der Waals surface area contributed by atoms with Crippen LogP contribution >= 0.6 is 0 Å². The van der Waals surface area contributed by atoms with Crippen molar-refractivity contribution >= 4 is 11.0 Å². The second kappa shape index (κ2) is 6.61. The van der Waals surface area contributed by atoms with Gasteiger partial charge < -0.3 is 10.3 Å². The first-order valence-corrected chi connectivity index (χ1v) is 8.47. The molecule has 114 valence electrons. The number of aromatic nitrogens is 2. The second-order valence-corrected chi connectivity index (χ2v) is 6.52. The van der Waals surface area contributed by atoms with E-state index in [1.54, 1.807) is 0 Å². The third-order valence-electron chi connectivity index (χ3n) is 4.74. The van der Waals surface area contributed by atoms with Crippen LogP contribution in [0, 0.1) is 5.92 Å². The third-order valence-corrected chi connectivity index (χ3v) is 4.74. The molecule has 21 heavy (non-hydrogen) atoms. The highest BCUT2D eigenvalue weighted by atomic mass is 15.1. The summed E-state index contributed by atoms with van der Waals surface area (Å²) in [6.45, 7) is 3.25. The van der Waals surface area contributed by atoms with Gasteiger partial charge in [0.1, 0.15) is 5.82 Å². The molecule has 0 amide bonds. The smallest absolute Gasteiger partial charge is 0.111 e. The van der Waals surface area contributed by atoms with Gasteiger partial charge in [-0.05, 0) is 30.9 Å². The zero-order chi connectivity index (χ0) is 14.7. The van der Waals surface area contributed by atoms with Gasteiger partial charge in [0.25, 0.3) is 0 Å². The lowest BCUT2D eigenvalue weighted by molar-refractivity contribution is 0.432. The molecule has 2 N–H and O–H groups in total. The summed E-state index contributed by atoms with van der Waals surface area (Å²) >= 11 is 0. The molecule has 2 aromatic rings. The van der Waals surface area contributed by atoms with Crippen LogP contribution in [0.4, 0.5) is 0 Å². The van der Waals surface area contributed by atoms with Crippen molar-refractivity contribution in [2.75, 3.05) is 0 Å². The van der Waals surface area contributed by atoms with Crippen molar-refractivity contribution in [3.63, 3.8) is 0 Å². The topological polar surface area (TPSA) is 43.8 Å². The SMILES string of the molecule is CCCn1c(CC(N)CC2CCCC2)nc2ccccc21. The number of nitrogens with two attached hydrogens (primary N) is 1. The normalized spacial score (nSPS) is 17.6. The molecule has 1 aliphatic rings. The monoisotopic (exact) mass is 285 g/mol. The van der Waals surface area contributed by atoms with Crippen LogP contribution in [0.5, 0.6) is 0 Å². The first-order chi connectivity index (χ1) is 10.3. The minimum atomic E-state index is 0.250. The molecule has 1 saturated carbocycles. The predicted octanol–water partition coefficient (Wildman–Crippen LogP) is 3.90. The molecule has 1 heterocycles. The number of fused-ring (bicyclic) bond motifs is 1. The second-order valence-electron chi connectivity index (χ2n) is 6.52. The molecule has 0 aliphatic heterocycles. The fourth-order valence-corrected chi connectivity index (χ4v) is 3.75. The number of nitrogens with zero attached hydrogens (tertiary/aromatic N) is 2. The lowest BCUT2D eigenvalue weighted by Crippen LogP contribution is -2.27. The molecule has 1 unspecified atom stereocenters. The van der Waals surface area contributed by atoms with Gasteiger partial charge in [-0.2, -0.15) is 0 Å². The first kappa shape index (κ1) is 14.6. The molecular weight excluding hydrogens is 258 g/mol. The molecule has 3 rings (SSSR count). The molecule has 3 nitrogen and oxygen atoms in total. The number of hydrogen-bond acceptors (Lipinski definition) is 2. The minimum absolute atomic E-state index is 0.250. The van der Waals surface area contributed by atoms with E-state index in [1.165, 1.54) is 37.0 Å². The summed E-state index contributed by atoms with van der Waals surface area (Å²) in [5, 5.41) is 0. The highest BCUT2D eigenvalue weighted by Crippen LogP contribution is 2.29. The molecule has 1 atom stereocenters. The third kappa shape index (κ3) is 3.29. The molecule has 1 aromatic heterocycles. The van der Waals surface area contributed by atoms with Crippen molar-refractivity contribution in [2.45, 2.75) is 64.5 Å². The van der Waals surface area contributed by atoms with E-state index >= 15 is 0 Å². The number of hydrogen-bond donors (Lipinski definition) is 1. The van der Waals surface area contributed by atoms with Crippen LogP contribution in [0.2, 0.25) is 0 Å². The lowest BCUT2D eigenvalue weighted by atomic mass is 9.97. The van der Waals surface area contributed by atoms with Crippen molar-refractivity contribution in [1.82, 2.24) is 9.55 Å². The van der Waals surface area contributed by atoms with E-state index in [1.807, 2.05) is 0 Å². The van der Waals surface area contributed by atoms with E-state index in [4.69, 9.17) is 10.7 Å². The Hall–Kier alpha value is -1.35.